The third-order valence-corrected chi connectivity index (χ3v) is 5.92. The number of aliphatic imine (C=N–C) groups is 1. The highest BCUT2D eigenvalue weighted by molar-refractivity contribution is 14.0. The molecule has 2 unspecified atom stereocenters. The zero-order valence-corrected chi connectivity index (χ0v) is 20.9. The van der Waals surface area contributed by atoms with Crippen molar-refractivity contribution in [3.8, 4) is 5.75 Å². The van der Waals surface area contributed by atoms with Crippen molar-refractivity contribution >= 4 is 41.7 Å². The summed E-state index contributed by atoms with van der Waals surface area (Å²) in [5, 5.41) is 17.7. The lowest BCUT2D eigenvalue weighted by Crippen LogP contribution is -2.58. The van der Waals surface area contributed by atoms with Gasteiger partial charge < -0.3 is 20.5 Å². The lowest BCUT2D eigenvalue weighted by molar-refractivity contribution is -0.0198. The van der Waals surface area contributed by atoms with Gasteiger partial charge in [0.15, 0.2) is 5.96 Å². The number of para-hydroxylation sites is 1. The summed E-state index contributed by atoms with van der Waals surface area (Å²) >= 11 is 1.84. The Hall–Kier alpha value is -0.670. The van der Waals surface area contributed by atoms with Gasteiger partial charge in [-0.05, 0) is 52.4 Å². The normalized spacial score (nSPS) is 22.1. The van der Waals surface area contributed by atoms with Crippen molar-refractivity contribution in [2.45, 2.75) is 70.5 Å². The Labute approximate surface area is 191 Å². The Morgan fingerprint density at radius 1 is 1.29 bits per heavy atom. The summed E-state index contributed by atoms with van der Waals surface area (Å²) in [4.78, 5) is 4.70. The van der Waals surface area contributed by atoms with Crippen LogP contribution in [0.15, 0.2) is 29.3 Å². The highest BCUT2D eigenvalue weighted by Gasteiger charge is 2.45. The minimum Gasteiger partial charge on any atom is -0.488 e. The number of hydrogen-bond acceptors (Lipinski definition) is 4. The molecule has 1 aromatic carbocycles. The highest BCUT2D eigenvalue weighted by Crippen LogP contribution is 2.40. The van der Waals surface area contributed by atoms with Crippen LogP contribution in [0, 0.1) is 0 Å². The summed E-state index contributed by atoms with van der Waals surface area (Å²) < 4.78 is 6.05. The molecule has 0 heterocycles. The van der Waals surface area contributed by atoms with Crippen molar-refractivity contribution in [2.24, 2.45) is 4.99 Å². The summed E-state index contributed by atoms with van der Waals surface area (Å²) in [6.07, 6.45) is 1.93. The van der Waals surface area contributed by atoms with Crippen molar-refractivity contribution in [3.05, 3.63) is 29.8 Å². The van der Waals surface area contributed by atoms with Gasteiger partial charge in [0.2, 0.25) is 0 Å². The van der Waals surface area contributed by atoms with Crippen LogP contribution in [0.1, 0.15) is 53.0 Å². The fourth-order valence-electron chi connectivity index (χ4n) is 3.04. The molecule has 0 aromatic heterocycles. The summed E-state index contributed by atoms with van der Waals surface area (Å²) in [5.74, 6) is 2.62. The molecule has 0 radical (unpaired) electrons. The Morgan fingerprint density at radius 2 is 2.00 bits per heavy atom. The number of nitrogens with one attached hydrogen (secondary N) is 2. The van der Waals surface area contributed by atoms with E-state index in [1.54, 1.807) is 0 Å². The molecule has 0 spiro atoms. The van der Waals surface area contributed by atoms with Crippen molar-refractivity contribution in [1.29, 1.82) is 0 Å². The van der Waals surface area contributed by atoms with Crippen LogP contribution in [-0.4, -0.2) is 46.4 Å². The molecule has 2 rings (SSSR count). The van der Waals surface area contributed by atoms with E-state index >= 15 is 0 Å². The van der Waals surface area contributed by atoms with E-state index in [2.05, 4.69) is 17.6 Å². The summed E-state index contributed by atoms with van der Waals surface area (Å²) in [6.45, 7) is 12.1. The van der Waals surface area contributed by atoms with Crippen LogP contribution in [0.2, 0.25) is 0 Å². The first-order valence-electron chi connectivity index (χ1n) is 9.90. The van der Waals surface area contributed by atoms with Crippen molar-refractivity contribution in [3.63, 3.8) is 0 Å². The highest BCUT2D eigenvalue weighted by atomic mass is 127. The van der Waals surface area contributed by atoms with E-state index in [1.165, 1.54) is 0 Å². The number of hydrogen-bond donors (Lipinski definition) is 3. The fourth-order valence-corrected chi connectivity index (χ4v) is 4.24. The van der Waals surface area contributed by atoms with Gasteiger partial charge in [-0.3, -0.25) is 0 Å². The third kappa shape index (κ3) is 7.63. The van der Waals surface area contributed by atoms with Gasteiger partial charge in [0.25, 0.3) is 0 Å². The van der Waals surface area contributed by atoms with E-state index in [4.69, 9.17) is 9.73 Å². The number of rotatable bonds is 8. The average Bonchev–Trinajstić information content (AvgIpc) is 2.60. The van der Waals surface area contributed by atoms with Crippen LogP contribution in [-0.2, 0) is 6.54 Å². The zero-order chi connectivity index (χ0) is 19.9. The number of benzene rings is 1. The van der Waals surface area contributed by atoms with Gasteiger partial charge in [-0.25, -0.2) is 4.99 Å². The van der Waals surface area contributed by atoms with E-state index in [0.717, 1.165) is 42.4 Å². The predicted molar refractivity (Wildman–Crippen MR) is 131 cm³/mol. The molecule has 2 atom stereocenters. The molecule has 0 bridgehead atoms. The maximum Gasteiger partial charge on any atom is 0.191 e. The summed E-state index contributed by atoms with van der Waals surface area (Å²) in [6, 6.07) is 8.02. The summed E-state index contributed by atoms with van der Waals surface area (Å²) in [7, 11) is 0. The second-order valence-electron chi connectivity index (χ2n) is 7.96. The Balaban J connectivity index is 0.00000392. The number of nitrogens with zero attached hydrogens (tertiary/aromatic N) is 1. The molecule has 1 aliphatic rings. The first kappa shape index (κ1) is 25.4. The molecule has 7 heteroatoms. The largest absolute Gasteiger partial charge is 0.488 e. The summed E-state index contributed by atoms with van der Waals surface area (Å²) in [5.41, 5.74) is 0.165. The molecule has 0 amide bonds. The first-order chi connectivity index (χ1) is 12.8. The standard InChI is InChI=1S/C21H35N3O2S.HI/c1-6-22-19(24-15-21(25)13-12-18(21)27-7-2)23-14-16-10-8-9-11-17(16)26-20(3,4)5;/h8-11,18,25H,6-7,12-15H2,1-5H3,(H2,22,23,24);1H. The molecule has 3 N–H and O–H groups in total. The average molecular weight is 522 g/mol. The molecule has 1 aromatic rings. The molecular weight excluding hydrogens is 485 g/mol. The molecule has 0 aliphatic heterocycles. The smallest absolute Gasteiger partial charge is 0.191 e. The number of ether oxygens (including phenoxy) is 1. The molecule has 5 nitrogen and oxygen atoms in total. The predicted octanol–water partition coefficient (Wildman–Crippen LogP) is 4.18. The van der Waals surface area contributed by atoms with Gasteiger partial charge in [-0.2, -0.15) is 11.8 Å². The van der Waals surface area contributed by atoms with E-state index in [0.29, 0.717) is 18.3 Å². The van der Waals surface area contributed by atoms with Gasteiger partial charge in [-0.1, -0.05) is 25.1 Å². The molecular formula is C21H36IN3O2S. The van der Waals surface area contributed by atoms with E-state index < -0.39 is 5.60 Å². The van der Waals surface area contributed by atoms with Crippen molar-refractivity contribution < 1.29 is 9.84 Å². The van der Waals surface area contributed by atoms with E-state index in [1.807, 2.05) is 63.7 Å². The molecule has 1 saturated carbocycles. The quantitative estimate of drug-likeness (QED) is 0.272. The molecule has 1 fully saturated rings. The maximum absolute atomic E-state index is 10.8. The lowest BCUT2D eigenvalue weighted by atomic mass is 9.79. The van der Waals surface area contributed by atoms with Gasteiger partial charge >= 0.3 is 0 Å². The van der Waals surface area contributed by atoms with Gasteiger partial charge in [0, 0.05) is 23.9 Å². The molecule has 1 aliphatic carbocycles. The van der Waals surface area contributed by atoms with Gasteiger partial charge in [0.05, 0.1) is 12.1 Å². The maximum atomic E-state index is 10.8. The Kier molecular flexibility index (Phi) is 10.4. The first-order valence-corrected chi connectivity index (χ1v) is 11.0. The van der Waals surface area contributed by atoms with Crippen LogP contribution < -0.4 is 15.4 Å². The second-order valence-corrected chi connectivity index (χ2v) is 9.44. The SMILES string of the molecule is CCNC(=NCc1ccccc1OC(C)(C)C)NCC1(O)CCC1SCC.I. The number of guanidine groups is 1. The lowest BCUT2D eigenvalue weighted by Gasteiger charge is -2.45. The number of aliphatic hydroxyl groups is 1. The molecule has 160 valence electrons. The van der Waals surface area contributed by atoms with E-state index in [-0.39, 0.29) is 29.6 Å². The van der Waals surface area contributed by atoms with E-state index in [9.17, 15) is 5.11 Å². The van der Waals surface area contributed by atoms with Crippen LogP contribution in [0.25, 0.3) is 0 Å². The molecule has 0 saturated heterocycles. The van der Waals surface area contributed by atoms with Crippen molar-refractivity contribution in [1.82, 2.24) is 10.6 Å². The number of thioether (sulfide) groups is 1. The minimum atomic E-state index is -0.635. The zero-order valence-electron chi connectivity index (χ0n) is 17.7. The van der Waals surface area contributed by atoms with Gasteiger partial charge in [-0.15, -0.1) is 24.0 Å². The van der Waals surface area contributed by atoms with Crippen molar-refractivity contribution in [2.75, 3.05) is 18.8 Å². The van der Waals surface area contributed by atoms with Crippen LogP contribution >= 0.6 is 35.7 Å². The minimum absolute atomic E-state index is 0. The Bertz CT molecular complexity index is 636. The Morgan fingerprint density at radius 3 is 2.57 bits per heavy atom. The van der Waals surface area contributed by atoms with Crippen LogP contribution in [0.3, 0.4) is 0 Å². The fraction of sp³-hybridized carbons (Fsp3) is 0.667. The molecule has 28 heavy (non-hydrogen) atoms. The second kappa shape index (κ2) is 11.5. The van der Waals surface area contributed by atoms with Gasteiger partial charge in [0.1, 0.15) is 11.4 Å². The monoisotopic (exact) mass is 521 g/mol. The topological polar surface area (TPSA) is 65.9 Å². The third-order valence-electron chi connectivity index (χ3n) is 4.51. The number of halogens is 1. The van der Waals surface area contributed by atoms with Crippen LogP contribution in [0.5, 0.6) is 5.75 Å². The van der Waals surface area contributed by atoms with Crippen LogP contribution in [0.4, 0.5) is 0 Å².